The molecule has 0 saturated heterocycles. The Morgan fingerprint density at radius 1 is 1.62 bits per heavy atom. The molecule has 2 N–H and O–H groups in total. The second-order valence-corrected chi connectivity index (χ2v) is 6.52. The standard InChI is InChI=1S/C9H17N3O2S2/c1-4-15-6-7(2)12-16(13,14)9-5-10-8(3)11-9/h5,7,12H,4,6H2,1-3H3,(H,10,11). The molecule has 0 aromatic carbocycles. The van der Waals surface area contributed by atoms with Crippen LogP contribution in [0.25, 0.3) is 0 Å². The zero-order valence-corrected chi connectivity index (χ0v) is 11.3. The van der Waals surface area contributed by atoms with Crippen molar-refractivity contribution in [3.05, 3.63) is 12.0 Å². The molecule has 0 fully saturated rings. The third-order valence-electron chi connectivity index (χ3n) is 1.90. The molecule has 0 amide bonds. The minimum atomic E-state index is -3.45. The average Bonchev–Trinajstić information content (AvgIpc) is 2.62. The Balaban J connectivity index is 2.65. The van der Waals surface area contributed by atoms with Gasteiger partial charge in [0.2, 0.25) is 0 Å². The fraction of sp³-hybridized carbons (Fsp3) is 0.667. The molecule has 1 unspecified atom stereocenters. The summed E-state index contributed by atoms with van der Waals surface area (Å²) in [4.78, 5) is 6.58. The second kappa shape index (κ2) is 5.70. The summed E-state index contributed by atoms with van der Waals surface area (Å²) in [5.74, 6) is 2.34. The molecular weight excluding hydrogens is 246 g/mol. The number of imidazole rings is 1. The van der Waals surface area contributed by atoms with E-state index in [4.69, 9.17) is 0 Å². The minimum Gasteiger partial charge on any atom is -0.332 e. The molecule has 1 aromatic rings. The van der Waals surface area contributed by atoms with Crippen LogP contribution >= 0.6 is 11.8 Å². The van der Waals surface area contributed by atoms with Gasteiger partial charge in [-0.15, -0.1) is 0 Å². The Kier molecular flexibility index (Phi) is 4.82. The Morgan fingerprint density at radius 3 is 2.81 bits per heavy atom. The van der Waals surface area contributed by atoms with Crippen molar-refractivity contribution < 1.29 is 8.42 Å². The Morgan fingerprint density at radius 2 is 2.31 bits per heavy atom. The van der Waals surface area contributed by atoms with Crippen LogP contribution in [0.1, 0.15) is 19.7 Å². The molecule has 0 radical (unpaired) electrons. The summed E-state index contributed by atoms with van der Waals surface area (Å²) in [5, 5.41) is 0.123. The molecule has 0 aliphatic carbocycles. The van der Waals surface area contributed by atoms with Gasteiger partial charge in [-0.2, -0.15) is 11.8 Å². The first-order valence-corrected chi connectivity index (χ1v) is 7.71. The van der Waals surface area contributed by atoms with Crippen LogP contribution in [-0.2, 0) is 10.0 Å². The number of rotatable bonds is 6. The molecule has 0 spiro atoms. The Labute approximate surface area is 100 Å². The number of H-pyrrole nitrogens is 1. The largest absolute Gasteiger partial charge is 0.332 e. The van der Waals surface area contributed by atoms with E-state index in [0.717, 1.165) is 11.5 Å². The predicted octanol–water partition coefficient (Wildman–Crippen LogP) is 1.14. The van der Waals surface area contributed by atoms with E-state index < -0.39 is 10.0 Å². The minimum absolute atomic E-state index is 0.0847. The second-order valence-electron chi connectivity index (χ2n) is 3.51. The van der Waals surface area contributed by atoms with E-state index in [0.29, 0.717) is 5.82 Å². The van der Waals surface area contributed by atoms with Crippen LogP contribution in [0.5, 0.6) is 0 Å². The zero-order chi connectivity index (χ0) is 12.2. The van der Waals surface area contributed by atoms with Crippen molar-refractivity contribution in [3.63, 3.8) is 0 Å². The van der Waals surface area contributed by atoms with Gasteiger partial charge in [0.25, 0.3) is 10.0 Å². The Hall–Kier alpha value is -0.530. The SMILES string of the molecule is CCSCC(C)NS(=O)(=O)c1cnc(C)[nH]1. The van der Waals surface area contributed by atoms with Gasteiger partial charge in [-0.25, -0.2) is 18.1 Å². The van der Waals surface area contributed by atoms with Crippen LogP contribution in [0.3, 0.4) is 0 Å². The maximum Gasteiger partial charge on any atom is 0.257 e. The number of aromatic amines is 1. The summed E-state index contributed by atoms with van der Waals surface area (Å²) in [6.07, 6.45) is 1.33. The summed E-state index contributed by atoms with van der Waals surface area (Å²) < 4.78 is 26.3. The number of thioether (sulfide) groups is 1. The molecule has 0 aliphatic heterocycles. The first kappa shape index (κ1) is 13.5. The van der Waals surface area contributed by atoms with E-state index in [-0.39, 0.29) is 11.1 Å². The van der Waals surface area contributed by atoms with Gasteiger partial charge in [-0.1, -0.05) is 6.92 Å². The van der Waals surface area contributed by atoms with Crippen molar-refractivity contribution >= 4 is 21.8 Å². The molecule has 0 bridgehead atoms. The topological polar surface area (TPSA) is 74.8 Å². The van der Waals surface area contributed by atoms with Crippen LogP contribution in [0, 0.1) is 6.92 Å². The maximum atomic E-state index is 11.8. The normalized spacial score (nSPS) is 13.9. The lowest BCUT2D eigenvalue weighted by Gasteiger charge is -2.12. The van der Waals surface area contributed by atoms with Gasteiger partial charge in [0.1, 0.15) is 5.82 Å². The molecule has 0 aliphatic rings. The highest BCUT2D eigenvalue weighted by Crippen LogP contribution is 2.08. The van der Waals surface area contributed by atoms with E-state index in [1.165, 1.54) is 6.20 Å². The third-order valence-corrected chi connectivity index (χ3v) is 4.54. The molecule has 1 rings (SSSR count). The van der Waals surface area contributed by atoms with Gasteiger partial charge < -0.3 is 4.98 Å². The van der Waals surface area contributed by atoms with Gasteiger partial charge in [-0.05, 0) is 19.6 Å². The van der Waals surface area contributed by atoms with E-state index >= 15 is 0 Å². The van der Waals surface area contributed by atoms with Crippen molar-refractivity contribution in [1.29, 1.82) is 0 Å². The number of nitrogens with one attached hydrogen (secondary N) is 2. The Bertz CT molecular complexity index is 428. The molecule has 1 heterocycles. The number of aryl methyl sites for hydroxylation is 1. The van der Waals surface area contributed by atoms with E-state index in [1.54, 1.807) is 18.7 Å². The van der Waals surface area contributed by atoms with E-state index in [1.807, 2.05) is 13.8 Å². The average molecular weight is 263 g/mol. The van der Waals surface area contributed by atoms with Gasteiger partial charge in [0.05, 0.1) is 6.20 Å². The van der Waals surface area contributed by atoms with Crippen LogP contribution in [-0.4, -0.2) is 35.9 Å². The van der Waals surface area contributed by atoms with Crippen molar-refractivity contribution in [2.45, 2.75) is 31.8 Å². The van der Waals surface area contributed by atoms with Crippen molar-refractivity contribution in [2.24, 2.45) is 0 Å². The number of nitrogens with zero attached hydrogens (tertiary/aromatic N) is 1. The smallest absolute Gasteiger partial charge is 0.257 e. The summed E-state index contributed by atoms with van der Waals surface area (Å²) in [6.45, 7) is 5.61. The van der Waals surface area contributed by atoms with Crippen molar-refractivity contribution in [3.8, 4) is 0 Å². The summed E-state index contributed by atoms with van der Waals surface area (Å²) in [5.41, 5.74) is 0. The van der Waals surface area contributed by atoms with Crippen LogP contribution in [0.4, 0.5) is 0 Å². The van der Waals surface area contributed by atoms with Gasteiger partial charge in [-0.3, -0.25) is 0 Å². The lowest BCUT2D eigenvalue weighted by Crippen LogP contribution is -2.34. The first-order valence-electron chi connectivity index (χ1n) is 5.07. The van der Waals surface area contributed by atoms with Crippen molar-refractivity contribution in [1.82, 2.24) is 14.7 Å². The molecule has 7 heteroatoms. The lowest BCUT2D eigenvalue weighted by atomic mass is 10.4. The molecule has 0 saturated carbocycles. The van der Waals surface area contributed by atoms with Gasteiger partial charge >= 0.3 is 0 Å². The number of sulfonamides is 1. The van der Waals surface area contributed by atoms with Gasteiger partial charge in [0.15, 0.2) is 5.03 Å². The zero-order valence-electron chi connectivity index (χ0n) is 9.65. The fourth-order valence-corrected chi connectivity index (χ4v) is 3.18. The van der Waals surface area contributed by atoms with Crippen LogP contribution < -0.4 is 4.72 Å². The van der Waals surface area contributed by atoms with Gasteiger partial charge in [0, 0.05) is 11.8 Å². The monoisotopic (exact) mass is 263 g/mol. The predicted molar refractivity (Wildman–Crippen MR) is 66.1 cm³/mol. The maximum absolute atomic E-state index is 11.8. The van der Waals surface area contributed by atoms with Crippen LogP contribution in [0.2, 0.25) is 0 Å². The number of hydrogen-bond acceptors (Lipinski definition) is 4. The van der Waals surface area contributed by atoms with E-state index in [9.17, 15) is 8.42 Å². The molecule has 5 nitrogen and oxygen atoms in total. The molecule has 1 atom stereocenters. The lowest BCUT2D eigenvalue weighted by molar-refractivity contribution is 0.567. The van der Waals surface area contributed by atoms with E-state index in [2.05, 4.69) is 14.7 Å². The summed E-state index contributed by atoms with van der Waals surface area (Å²) >= 11 is 1.70. The third kappa shape index (κ3) is 3.80. The molecule has 16 heavy (non-hydrogen) atoms. The highest BCUT2D eigenvalue weighted by molar-refractivity contribution is 7.99. The molecule has 1 aromatic heterocycles. The van der Waals surface area contributed by atoms with Crippen LogP contribution in [0.15, 0.2) is 11.2 Å². The van der Waals surface area contributed by atoms with Crippen molar-refractivity contribution in [2.75, 3.05) is 11.5 Å². The number of hydrogen-bond donors (Lipinski definition) is 2. The molecule has 92 valence electrons. The quantitative estimate of drug-likeness (QED) is 0.807. The highest BCUT2D eigenvalue weighted by atomic mass is 32.2. The summed E-state index contributed by atoms with van der Waals surface area (Å²) in [6, 6.07) is -0.0847. The highest BCUT2D eigenvalue weighted by Gasteiger charge is 2.18. The molecular formula is C9H17N3O2S2. The fourth-order valence-electron chi connectivity index (χ4n) is 1.19. The number of aromatic nitrogens is 2. The first-order chi connectivity index (χ1) is 7.45. The summed E-state index contributed by atoms with van der Waals surface area (Å²) in [7, 11) is -3.45.